The van der Waals surface area contributed by atoms with Crippen molar-refractivity contribution in [3.05, 3.63) is 0 Å². The van der Waals surface area contributed by atoms with Crippen molar-refractivity contribution in [2.45, 2.75) is 63.6 Å². The molecule has 2 rings (SSSR count). The number of nitrogens with zero attached hydrogens (tertiary/aromatic N) is 1. The van der Waals surface area contributed by atoms with Gasteiger partial charge in [0.2, 0.25) is 5.91 Å². The van der Waals surface area contributed by atoms with E-state index in [1.165, 1.54) is 0 Å². The van der Waals surface area contributed by atoms with Crippen molar-refractivity contribution in [2.75, 3.05) is 33.3 Å². The summed E-state index contributed by atoms with van der Waals surface area (Å²) in [6, 6.07) is 0. The Morgan fingerprint density at radius 1 is 1.41 bits per heavy atom. The number of carbonyl (C=O) groups excluding carboxylic acids is 1. The lowest BCUT2D eigenvalue weighted by atomic mass is 9.87. The van der Waals surface area contributed by atoms with E-state index in [2.05, 4.69) is 24.1 Å². The molecule has 2 heterocycles. The maximum atomic E-state index is 12.1. The van der Waals surface area contributed by atoms with Gasteiger partial charge in [-0.3, -0.25) is 4.79 Å². The summed E-state index contributed by atoms with van der Waals surface area (Å²) in [5.74, 6) is 0.569. The largest absolute Gasteiger partial charge is 0.389 e. The zero-order chi connectivity index (χ0) is 16.2. The summed E-state index contributed by atoms with van der Waals surface area (Å²) in [4.78, 5) is 14.3. The number of amides is 1. The summed E-state index contributed by atoms with van der Waals surface area (Å²) < 4.78 is 5.96. The Labute approximate surface area is 134 Å². The minimum Gasteiger partial charge on any atom is -0.389 e. The molecule has 0 aromatic heterocycles. The van der Waals surface area contributed by atoms with Gasteiger partial charge in [-0.25, -0.2) is 0 Å². The molecule has 1 unspecified atom stereocenters. The van der Waals surface area contributed by atoms with Gasteiger partial charge in [-0.05, 0) is 45.1 Å². The van der Waals surface area contributed by atoms with Gasteiger partial charge in [0, 0.05) is 26.2 Å². The Morgan fingerprint density at radius 2 is 2.09 bits per heavy atom. The van der Waals surface area contributed by atoms with Gasteiger partial charge in [-0.2, -0.15) is 0 Å². The molecule has 0 aromatic rings. The van der Waals surface area contributed by atoms with Gasteiger partial charge in [0.1, 0.15) is 0 Å². The lowest BCUT2D eigenvalue weighted by Crippen LogP contribution is -2.46. The average molecular weight is 312 g/mol. The highest BCUT2D eigenvalue weighted by molar-refractivity contribution is 5.77. The summed E-state index contributed by atoms with van der Waals surface area (Å²) >= 11 is 0. The lowest BCUT2D eigenvalue weighted by Gasteiger charge is -2.36. The molecule has 0 bridgehead atoms. The molecule has 0 saturated carbocycles. The third-order valence-corrected chi connectivity index (χ3v) is 5.35. The first kappa shape index (κ1) is 17.7. The van der Waals surface area contributed by atoms with Crippen LogP contribution < -0.4 is 5.32 Å². The van der Waals surface area contributed by atoms with E-state index in [1.54, 1.807) is 0 Å². The molecule has 2 fully saturated rings. The third-order valence-electron chi connectivity index (χ3n) is 5.35. The third kappa shape index (κ3) is 4.67. The van der Waals surface area contributed by atoms with Crippen LogP contribution in [-0.2, 0) is 9.53 Å². The molecule has 2 atom stereocenters. The predicted octanol–water partition coefficient (Wildman–Crippen LogP) is 1.54. The number of piperidine rings is 1. The Hall–Kier alpha value is -0.650. The summed E-state index contributed by atoms with van der Waals surface area (Å²) in [6.45, 7) is 7.54. The van der Waals surface area contributed by atoms with Gasteiger partial charge in [0.25, 0.3) is 0 Å². The molecule has 22 heavy (non-hydrogen) atoms. The Bertz CT molecular complexity index is 380. The Kier molecular flexibility index (Phi) is 5.86. The second-order valence-corrected chi connectivity index (χ2v) is 7.46. The second kappa shape index (κ2) is 7.28. The summed E-state index contributed by atoms with van der Waals surface area (Å²) in [5, 5.41) is 13.5. The van der Waals surface area contributed by atoms with Crippen LogP contribution in [0.2, 0.25) is 0 Å². The zero-order valence-electron chi connectivity index (χ0n) is 14.4. The molecule has 5 heteroatoms. The fourth-order valence-corrected chi connectivity index (χ4v) is 3.67. The topological polar surface area (TPSA) is 61.8 Å². The average Bonchev–Trinajstić information content (AvgIpc) is 2.84. The molecule has 0 aromatic carbocycles. The quantitative estimate of drug-likeness (QED) is 0.781. The first-order valence-corrected chi connectivity index (χ1v) is 8.68. The summed E-state index contributed by atoms with van der Waals surface area (Å²) in [7, 11) is 2.05. The predicted molar refractivity (Wildman–Crippen MR) is 86.7 cm³/mol. The number of aliphatic hydroxyl groups is 1. The van der Waals surface area contributed by atoms with E-state index in [0.29, 0.717) is 25.3 Å². The molecule has 2 N–H and O–H groups in total. The monoisotopic (exact) mass is 312 g/mol. The molecule has 0 spiro atoms. The van der Waals surface area contributed by atoms with Crippen LogP contribution in [0.4, 0.5) is 0 Å². The van der Waals surface area contributed by atoms with Crippen LogP contribution in [0.25, 0.3) is 0 Å². The number of nitrogens with one attached hydrogen (secondary N) is 1. The van der Waals surface area contributed by atoms with Gasteiger partial charge in [0.05, 0.1) is 17.6 Å². The molecule has 128 valence electrons. The zero-order valence-corrected chi connectivity index (χ0v) is 14.4. The van der Waals surface area contributed by atoms with Crippen LogP contribution in [0.15, 0.2) is 0 Å². The lowest BCUT2D eigenvalue weighted by molar-refractivity contribution is -0.128. The number of rotatable bonds is 6. The minimum absolute atomic E-state index is 0.0376. The van der Waals surface area contributed by atoms with Gasteiger partial charge < -0.3 is 20.1 Å². The van der Waals surface area contributed by atoms with Crippen molar-refractivity contribution in [2.24, 2.45) is 5.92 Å². The van der Waals surface area contributed by atoms with Crippen LogP contribution in [-0.4, -0.2) is 60.4 Å². The first-order chi connectivity index (χ1) is 10.4. The molecule has 1 amide bonds. The van der Waals surface area contributed by atoms with Crippen molar-refractivity contribution >= 4 is 5.91 Å². The number of hydrogen-bond donors (Lipinski definition) is 2. The molecule has 2 aliphatic rings. The SMILES string of the molecule is CCC1(CCNC(=O)CC2(O)CCN(C)CC2)C[C@H](C)CO1. The van der Waals surface area contributed by atoms with E-state index in [9.17, 15) is 9.90 Å². The number of carbonyl (C=O) groups is 1. The smallest absolute Gasteiger partial charge is 0.222 e. The van der Waals surface area contributed by atoms with Crippen molar-refractivity contribution in [3.63, 3.8) is 0 Å². The maximum absolute atomic E-state index is 12.1. The number of ether oxygens (including phenoxy) is 1. The highest BCUT2D eigenvalue weighted by Crippen LogP contribution is 2.35. The standard InChI is InChI=1S/C17H32N2O3/c1-4-17(11-14(2)13-22-17)5-8-18-15(20)12-16(21)6-9-19(3)10-7-16/h14,21H,4-13H2,1-3H3,(H,18,20)/t14-,17?/m0/s1. The molecule has 5 nitrogen and oxygen atoms in total. The first-order valence-electron chi connectivity index (χ1n) is 8.68. The molecular weight excluding hydrogens is 280 g/mol. The van der Waals surface area contributed by atoms with Gasteiger partial charge in [0.15, 0.2) is 0 Å². The van der Waals surface area contributed by atoms with E-state index < -0.39 is 5.60 Å². The van der Waals surface area contributed by atoms with Crippen molar-refractivity contribution < 1.29 is 14.6 Å². The van der Waals surface area contributed by atoms with Gasteiger partial charge in [-0.1, -0.05) is 13.8 Å². The van der Waals surface area contributed by atoms with Crippen molar-refractivity contribution in [1.29, 1.82) is 0 Å². The molecule has 0 radical (unpaired) electrons. The van der Waals surface area contributed by atoms with Crippen LogP contribution >= 0.6 is 0 Å². The van der Waals surface area contributed by atoms with Gasteiger partial charge in [-0.15, -0.1) is 0 Å². The minimum atomic E-state index is -0.822. The molecular formula is C17H32N2O3. The maximum Gasteiger partial charge on any atom is 0.222 e. The number of likely N-dealkylation sites (tertiary alicyclic amines) is 1. The Morgan fingerprint density at radius 3 is 2.64 bits per heavy atom. The van der Waals surface area contributed by atoms with Crippen LogP contribution in [0.5, 0.6) is 0 Å². The summed E-state index contributed by atoms with van der Waals surface area (Å²) in [5.41, 5.74) is -0.880. The highest BCUT2D eigenvalue weighted by atomic mass is 16.5. The van der Waals surface area contributed by atoms with E-state index >= 15 is 0 Å². The van der Waals surface area contributed by atoms with E-state index in [4.69, 9.17) is 4.74 Å². The van der Waals surface area contributed by atoms with Crippen LogP contribution in [0, 0.1) is 5.92 Å². The summed E-state index contributed by atoms with van der Waals surface area (Å²) in [6.07, 6.45) is 4.50. The normalized spacial score (nSPS) is 32.1. The number of hydrogen-bond acceptors (Lipinski definition) is 4. The fraction of sp³-hybridized carbons (Fsp3) is 0.941. The Balaban J connectivity index is 1.71. The van der Waals surface area contributed by atoms with E-state index in [0.717, 1.165) is 39.0 Å². The van der Waals surface area contributed by atoms with Gasteiger partial charge >= 0.3 is 0 Å². The van der Waals surface area contributed by atoms with Crippen LogP contribution in [0.3, 0.4) is 0 Å². The van der Waals surface area contributed by atoms with E-state index in [1.807, 2.05) is 7.05 Å². The van der Waals surface area contributed by atoms with E-state index in [-0.39, 0.29) is 17.9 Å². The highest BCUT2D eigenvalue weighted by Gasteiger charge is 2.37. The molecule has 2 aliphatic heterocycles. The second-order valence-electron chi connectivity index (χ2n) is 7.46. The van der Waals surface area contributed by atoms with Crippen molar-refractivity contribution in [1.82, 2.24) is 10.2 Å². The van der Waals surface area contributed by atoms with Crippen molar-refractivity contribution in [3.8, 4) is 0 Å². The fourth-order valence-electron chi connectivity index (χ4n) is 3.67. The van der Waals surface area contributed by atoms with Crippen LogP contribution in [0.1, 0.15) is 52.4 Å². The molecule has 2 saturated heterocycles. The molecule has 0 aliphatic carbocycles.